The monoisotopic (exact) mass is 359 g/mol. The zero-order chi connectivity index (χ0) is 18.9. The first kappa shape index (κ1) is 18.7. The van der Waals surface area contributed by atoms with Crippen LogP contribution < -0.4 is 5.32 Å². The van der Waals surface area contributed by atoms with E-state index in [-0.39, 0.29) is 29.6 Å². The molecule has 2 aliphatic heterocycles. The zero-order valence-corrected chi connectivity index (χ0v) is 16.1. The third-order valence-corrected chi connectivity index (χ3v) is 5.71. The summed E-state index contributed by atoms with van der Waals surface area (Å²) in [5.41, 5.74) is 1.69. The molecule has 6 nitrogen and oxygen atoms in total. The van der Waals surface area contributed by atoms with Crippen LogP contribution in [0.3, 0.4) is 0 Å². The van der Waals surface area contributed by atoms with Crippen LogP contribution in [0.4, 0.5) is 10.5 Å². The van der Waals surface area contributed by atoms with Gasteiger partial charge in [-0.3, -0.25) is 4.79 Å². The van der Waals surface area contributed by atoms with Gasteiger partial charge in [-0.25, -0.2) is 4.79 Å². The van der Waals surface area contributed by atoms with Crippen LogP contribution in [0.2, 0.25) is 0 Å². The van der Waals surface area contributed by atoms with E-state index in [0.717, 1.165) is 30.5 Å². The number of hydrogen-bond acceptors (Lipinski definition) is 3. The molecule has 6 heteroatoms. The molecule has 142 valence electrons. The standard InChI is InChI=1S/C20H29N3O3/c1-14-5-7-16(8-6-14)21-19(25)23-12-11-20(15(2)13-23)10-9-17(26-20)18(24)22(3)4/h5-8,15,17H,9-13H2,1-4H3,(H,21,25)/t15-,17+,20+/m0/s1. The van der Waals surface area contributed by atoms with Crippen LogP contribution in [-0.2, 0) is 9.53 Å². The number of likely N-dealkylation sites (N-methyl/N-ethyl adjacent to an activating group) is 1. The summed E-state index contributed by atoms with van der Waals surface area (Å²) < 4.78 is 6.24. The number of carbonyl (C=O) groups is 2. The van der Waals surface area contributed by atoms with Crippen molar-refractivity contribution < 1.29 is 14.3 Å². The lowest BCUT2D eigenvalue weighted by Gasteiger charge is -2.44. The summed E-state index contributed by atoms with van der Waals surface area (Å²) in [6, 6.07) is 7.73. The van der Waals surface area contributed by atoms with Crippen molar-refractivity contribution in [3.63, 3.8) is 0 Å². The summed E-state index contributed by atoms with van der Waals surface area (Å²) >= 11 is 0. The number of benzene rings is 1. The maximum atomic E-state index is 12.6. The van der Waals surface area contributed by atoms with E-state index in [9.17, 15) is 9.59 Å². The molecule has 1 aromatic rings. The van der Waals surface area contributed by atoms with Crippen molar-refractivity contribution in [2.45, 2.75) is 44.8 Å². The predicted molar refractivity (Wildman–Crippen MR) is 101 cm³/mol. The number of nitrogens with one attached hydrogen (secondary N) is 1. The van der Waals surface area contributed by atoms with Crippen LogP contribution in [0, 0.1) is 12.8 Å². The summed E-state index contributed by atoms with van der Waals surface area (Å²) in [4.78, 5) is 28.2. The van der Waals surface area contributed by atoms with Crippen LogP contribution in [0.5, 0.6) is 0 Å². The Morgan fingerprint density at radius 1 is 1.23 bits per heavy atom. The predicted octanol–water partition coefficient (Wildman–Crippen LogP) is 2.87. The maximum absolute atomic E-state index is 12.6. The quantitative estimate of drug-likeness (QED) is 0.883. The number of aryl methyl sites for hydroxylation is 1. The fraction of sp³-hybridized carbons (Fsp3) is 0.600. The number of hydrogen-bond donors (Lipinski definition) is 1. The molecular formula is C20H29N3O3. The normalized spacial score (nSPS) is 28.2. The van der Waals surface area contributed by atoms with Crippen LogP contribution in [0.25, 0.3) is 0 Å². The van der Waals surface area contributed by atoms with Crippen molar-refractivity contribution in [1.82, 2.24) is 9.80 Å². The largest absolute Gasteiger partial charge is 0.362 e. The highest BCUT2D eigenvalue weighted by Gasteiger charge is 2.49. The van der Waals surface area contributed by atoms with Gasteiger partial charge in [-0.05, 0) is 38.3 Å². The highest BCUT2D eigenvalue weighted by molar-refractivity contribution is 5.89. The van der Waals surface area contributed by atoms with Gasteiger partial charge < -0.3 is 19.9 Å². The molecule has 0 saturated carbocycles. The third-order valence-electron chi connectivity index (χ3n) is 5.71. The van der Waals surface area contributed by atoms with Gasteiger partial charge in [-0.1, -0.05) is 24.6 Å². The molecule has 2 heterocycles. The molecule has 3 rings (SSSR count). The Morgan fingerprint density at radius 3 is 2.54 bits per heavy atom. The van der Waals surface area contributed by atoms with E-state index in [2.05, 4.69) is 12.2 Å². The number of piperidine rings is 1. The van der Waals surface area contributed by atoms with Crippen LogP contribution in [0.1, 0.15) is 31.7 Å². The second-order valence-electron chi connectivity index (χ2n) is 7.84. The van der Waals surface area contributed by atoms with Gasteiger partial charge in [0.15, 0.2) is 0 Å². The van der Waals surface area contributed by atoms with Crippen molar-refractivity contribution >= 4 is 17.6 Å². The van der Waals surface area contributed by atoms with Crippen molar-refractivity contribution in [3.8, 4) is 0 Å². The summed E-state index contributed by atoms with van der Waals surface area (Å²) in [5, 5.41) is 2.97. The lowest BCUT2D eigenvalue weighted by atomic mass is 9.80. The molecule has 26 heavy (non-hydrogen) atoms. The Bertz CT molecular complexity index is 673. The van der Waals surface area contributed by atoms with E-state index in [1.807, 2.05) is 36.1 Å². The van der Waals surface area contributed by atoms with E-state index in [1.54, 1.807) is 19.0 Å². The van der Waals surface area contributed by atoms with Gasteiger partial charge in [0, 0.05) is 38.8 Å². The first-order chi connectivity index (χ1) is 12.3. The van der Waals surface area contributed by atoms with E-state index < -0.39 is 0 Å². The number of rotatable bonds is 2. The van der Waals surface area contributed by atoms with Crippen molar-refractivity contribution in [3.05, 3.63) is 29.8 Å². The number of nitrogens with zero attached hydrogens (tertiary/aromatic N) is 2. The Kier molecular flexibility index (Phi) is 5.23. The van der Waals surface area contributed by atoms with Gasteiger partial charge in [0.05, 0.1) is 5.60 Å². The third kappa shape index (κ3) is 3.70. The molecule has 0 aliphatic carbocycles. The van der Waals surface area contributed by atoms with Gasteiger partial charge in [-0.2, -0.15) is 0 Å². The van der Waals surface area contributed by atoms with Crippen molar-refractivity contribution in [2.75, 3.05) is 32.5 Å². The van der Waals surface area contributed by atoms with Crippen LogP contribution in [0.15, 0.2) is 24.3 Å². The van der Waals surface area contributed by atoms with Crippen molar-refractivity contribution in [1.29, 1.82) is 0 Å². The van der Waals surface area contributed by atoms with Gasteiger partial charge in [0.25, 0.3) is 5.91 Å². The van der Waals surface area contributed by atoms with Gasteiger partial charge in [0.1, 0.15) is 6.10 Å². The van der Waals surface area contributed by atoms with Crippen molar-refractivity contribution in [2.24, 2.45) is 5.92 Å². The molecule has 0 unspecified atom stereocenters. The van der Waals surface area contributed by atoms with Crippen LogP contribution in [-0.4, -0.2) is 60.6 Å². The number of amides is 3. The highest BCUT2D eigenvalue weighted by Crippen LogP contribution is 2.42. The molecule has 2 fully saturated rings. The Morgan fingerprint density at radius 2 is 1.92 bits per heavy atom. The van der Waals surface area contributed by atoms with Gasteiger partial charge in [0.2, 0.25) is 0 Å². The average Bonchev–Trinajstić information content (AvgIpc) is 3.04. The summed E-state index contributed by atoms with van der Waals surface area (Å²) in [6.07, 6.45) is 2.07. The second-order valence-corrected chi connectivity index (χ2v) is 7.84. The van der Waals surface area contributed by atoms with E-state index >= 15 is 0 Å². The SMILES string of the molecule is Cc1ccc(NC(=O)N2CC[C@]3(CC[C@H](C(=O)N(C)C)O3)[C@@H](C)C2)cc1. The van der Waals surface area contributed by atoms with Gasteiger partial charge >= 0.3 is 6.03 Å². The van der Waals surface area contributed by atoms with E-state index in [1.165, 1.54) is 0 Å². The smallest absolute Gasteiger partial charge is 0.321 e. The lowest BCUT2D eigenvalue weighted by Crippen LogP contribution is -2.53. The number of urea groups is 1. The first-order valence-electron chi connectivity index (χ1n) is 9.32. The molecule has 1 aromatic carbocycles. The lowest BCUT2D eigenvalue weighted by molar-refractivity contribution is -0.153. The molecule has 3 amide bonds. The summed E-state index contributed by atoms with van der Waals surface area (Å²) in [7, 11) is 3.52. The minimum Gasteiger partial charge on any atom is -0.362 e. The van der Waals surface area contributed by atoms with Gasteiger partial charge in [-0.15, -0.1) is 0 Å². The second kappa shape index (κ2) is 7.27. The fourth-order valence-electron chi connectivity index (χ4n) is 3.97. The fourth-order valence-corrected chi connectivity index (χ4v) is 3.97. The number of ether oxygens (including phenoxy) is 1. The molecule has 0 bridgehead atoms. The van der Waals surface area contributed by atoms with Crippen LogP contribution >= 0.6 is 0 Å². The minimum absolute atomic E-state index is 0.0358. The molecule has 0 aromatic heterocycles. The molecule has 0 radical (unpaired) electrons. The molecular weight excluding hydrogens is 330 g/mol. The molecule has 3 atom stereocenters. The molecule has 1 N–H and O–H groups in total. The summed E-state index contributed by atoms with van der Waals surface area (Å²) in [5.74, 6) is 0.230. The highest BCUT2D eigenvalue weighted by atomic mass is 16.5. The molecule has 2 aliphatic rings. The van der Waals surface area contributed by atoms with E-state index in [4.69, 9.17) is 4.74 Å². The Balaban J connectivity index is 1.59. The van der Waals surface area contributed by atoms with E-state index in [0.29, 0.717) is 13.1 Å². The minimum atomic E-state index is -0.347. The Hall–Kier alpha value is -2.08. The zero-order valence-electron chi connectivity index (χ0n) is 16.1. The number of likely N-dealkylation sites (tertiary alicyclic amines) is 1. The first-order valence-corrected chi connectivity index (χ1v) is 9.32. The number of anilines is 1. The average molecular weight is 359 g/mol. The number of carbonyl (C=O) groups excluding carboxylic acids is 2. The molecule has 2 saturated heterocycles. The topological polar surface area (TPSA) is 61.9 Å². The Labute approximate surface area is 155 Å². The summed E-state index contributed by atoms with van der Waals surface area (Å²) in [6.45, 7) is 5.42. The molecule has 1 spiro atoms. The maximum Gasteiger partial charge on any atom is 0.321 e.